The van der Waals surface area contributed by atoms with Crippen molar-refractivity contribution in [3.8, 4) is 0 Å². The van der Waals surface area contributed by atoms with Gasteiger partial charge in [-0.25, -0.2) is 4.98 Å². The van der Waals surface area contributed by atoms with E-state index in [4.69, 9.17) is 0 Å². The number of aryl methyl sites for hydroxylation is 2. The maximum absolute atomic E-state index is 12.3. The molecule has 3 rings (SSSR count). The number of carbonyl (C=O) groups excluding carboxylic acids is 1. The normalized spacial score (nSPS) is 10.7. The van der Waals surface area contributed by atoms with Gasteiger partial charge in [-0.15, -0.1) is 0 Å². The molecular formula is C19H19N3O2. The van der Waals surface area contributed by atoms with Crippen LogP contribution in [0.4, 0.5) is 0 Å². The van der Waals surface area contributed by atoms with E-state index in [2.05, 4.69) is 10.3 Å². The summed E-state index contributed by atoms with van der Waals surface area (Å²) in [6.45, 7) is 2.52. The molecule has 24 heavy (non-hydrogen) atoms. The molecule has 0 unspecified atom stereocenters. The third kappa shape index (κ3) is 3.51. The van der Waals surface area contributed by atoms with Crippen LogP contribution in [0.25, 0.3) is 11.0 Å². The summed E-state index contributed by atoms with van der Waals surface area (Å²) < 4.78 is 1.62. The van der Waals surface area contributed by atoms with E-state index < -0.39 is 0 Å². The smallest absolute Gasteiger partial charge is 0.272 e. The average Bonchev–Trinajstić information content (AvgIpc) is 2.61. The lowest BCUT2D eigenvalue weighted by Crippen LogP contribution is -2.28. The SMILES string of the molecule is Cc1nc2ccccc2n(CCC(=O)NCc2ccccc2)c1=O. The highest BCUT2D eigenvalue weighted by Crippen LogP contribution is 2.10. The van der Waals surface area contributed by atoms with Gasteiger partial charge in [-0.2, -0.15) is 0 Å². The van der Waals surface area contributed by atoms with E-state index in [1.54, 1.807) is 11.5 Å². The van der Waals surface area contributed by atoms with Crippen LogP contribution in [0, 0.1) is 6.92 Å². The summed E-state index contributed by atoms with van der Waals surface area (Å²) in [5, 5.41) is 2.88. The fourth-order valence-electron chi connectivity index (χ4n) is 2.64. The molecule has 0 fully saturated rings. The highest BCUT2D eigenvalue weighted by atomic mass is 16.1. The van der Waals surface area contributed by atoms with Crippen LogP contribution in [0.1, 0.15) is 17.7 Å². The second-order valence-corrected chi connectivity index (χ2v) is 5.66. The predicted molar refractivity (Wildman–Crippen MR) is 93.6 cm³/mol. The molecule has 1 amide bonds. The van der Waals surface area contributed by atoms with Gasteiger partial charge in [0.05, 0.1) is 11.0 Å². The Morgan fingerprint density at radius 1 is 1.08 bits per heavy atom. The molecule has 0 saturated heterocycles. The highest BCUT2D eigenvalue weighted by Gasteiger charge is 2.09. The second kappa shape index (κ2) is 7.08. The highest BCUT2D eigenvalue weighted by molar-refractivity contribution is 5.77. The van der Waals surface area contributed by atoms with E-state index in [0.29, 0.717) is 18.8 Å². The molecule has 0 aliphatic carbocycles. The van der Waals surface area contributed by atoms with Crippen molar-refractivity contribution in [2.24, 2.45) is 0 Å². The zero-order valence-electron chi connectivity index (χ0n) is 13.5. The predicted octanol–water partition coefficient (Wildman–Crippen LogP) is 2.41. The van der Waals surface area contributed by atoms with Gasteiger partial charge in [0.25, 0.3) is 5.56 Å². The van der Waals surface area contributed by atoms with Crippen molar-refractivity contribution >= 4 is 16.9 Å². The first kappa shape index (κ1) is 15.9. The van der Waals surface area contributed by atoms with Crippen molar-refractivity contribution in [1.82, 2.24) is 14.9 Å². The summed E-state index contributed by atoms with van der Waals surface area (Å²) >= 11 is 0. The number of nitrogens with zero attached hydrogens (tertiary/aromatic N) is 2. The number of fused-ring (bicyclic) bond motifs is 1. The summed E-state index contributed by atoms with van der Waals surface area (Å²) in [6.07, 6.45) is 0.250. The third-order valence-corrected chi connectivity index (χ3v) is 3.91. The minimum Gasteiger partial charge on any atom is -0.352 e. The first-order valence-electron chi connectivity index (χ1n) is 7.92. The second-order valence-electron chi connectivity index (χ2n) is 5.66. The van der Waals surface area contributed by atoms with Gasteiger partial charge in [-0.05, 0) is 24.6 Å². The summed E-state index contributed by atoms with van der Waals surface area (Å²) in [7, 11) is 0. The van der Waals surface area contributed by atoms with Gasteiger partial charge in [-0.1, -0.05) is 42.5 Å². The van der Waals surface area contributed by atoms with Crippen LogP contribution in [0.15, 0.2) is 59.4 Å². The number of para-hydroxylation sites is 2. The number of hydrogen-bond acceptors (Lipinski definition) is 3. The first-order valence-corrected chi connectivity index (χ1v) is 7.92. The Bertz CT molecular complexity index is 917. The zero-order valence-corrected chi connectivity index (χ0v) is 13.5. The summed E-state index contributed by atoms with van der Waals surface area (Å²) in [5.41, 5.74) is 2.86. The van der Waals surface area contributed by atoms with E-state index in [0.717, 1.165) is 16.6 Å². The number of benzene rings is 2. The molecule has 2 aromatic carbocycles. The van der Waals surface area contributed by atoms with Crippen LogP contribution < -0.4 is 10.9 Å². The van der Waals surface area contributed by atoms with E-state index >= 15 is 0 Å². The summed E-state index contributed by atoms with van der Waals surface area (Å²) in [6, 6.07) is 17.2. The maximum atomic E-state index is 12.3. The van der Waals surface area contributed by atoms with Crippen LogP contribution in [0.5, 0.6) is 0 Å². The van der Waals surface area contributed by atoms with Crippen molar-refractivity contribution in [3.63, 3.8) is 0 Å². The molecule has 1 aromatic heterocycles. The topological polar surface area (TPSA) is 64.0 Å². The Kier molecular flexibility index (Phi) is 4.70. The molecule has 122 valence electrons. The average molecular weight is 321 g/mol. The number of aromatic nitrogens is 2. The quantitative estimate of drug-likeness (QED) is 0.785. The number of carbonyl (C=O) groups is 1. The van der Waals surface area contributed by atoms with Gasteiger partial charge in [0.2, 0.25) is 5.91 Å². The van der Waals surface area contributed by atoms with Crippen molar-refractivity contribution in [2.45, 2.75) is 26.4 Å². The molecule has 0 atom stereocenters. The monoisotopic (exact) mass is 321 g/mol. The van der Waals surface area contributed by atoms with Crippen LogP contribution in [0.2, 0.25) is 0 Å². The van der Waals surface area contributed by atoms with Crippen LogP contribution in [-0.4, -0.2) is 15.5 Å². The Hall–Kier alpha value is -2.95. The lowest BCUT2D eigenvalue weighted by Gasteiger charge is -2.11. The lowest BCUT2D eigenvalue weighted by atomic mass is 10.2. The number of hydrogen-bond donors (Lipinski definition) is 1. The Balaban J connectivity index is 1.70. The summed E-state index contributed by atoms with van der Waals surface area (Å²) in [4.78, 5) is 28.7. The van der Waals surface area contributed by atoms with Gasteiger partial charge < -0.3 is 9.88 Å². The van der Waals surface area contributed by atoms with Gasteiger partial charge in [0.1, 0.15) is 5.69 Å². The summed E-state index contributed by atoms with van der Waals surface area (Å²) in [5.74, 6) is -0.0794. The molecule has 0 radical (unpaired) electrons. The van der Waals surface area contributed by atoms with Gasteiger partial charge >= 0.3 is 0 Å². The molecule has 0 aliphatic rings. The molecular weight excluding hydrogens is 302 g/mol. The van der Waals surface area contributed by atoms with Crippen LogP contribution >= 0.6 is 0 Å². The molecule has 1 heterocycles. The largest absolute Gasteiger partial charge is 0.352 e. The molecule has 0 bridgehead atoms. The third-order valence-electron chi connectivity index (χ3n) is 3.91. The van der Waals surface area contributed by atoms with Gasteiger partial charge in [0.15, 0.2) is 0 Å². The van der Waals surface area contributed by atoms with Gasteiger partial charge in [-0.3, -0.25) is 9.59 Å². The Labute approximate surface area is 140 Å². The Morgan fingerprint density at radius 3 is 2.58 bits per heavy atom. The van der Waals surface area contributed by atoms with E-state index in [-0.39, 0.29) is 17.9 Å². The van der Waals surface area contributed by atoms with Gasteiger partial charge in [0, 0.05) is 19.5 Å². The minimum absolute atomic E-state index is 0.0794. The fourth-order valence-corrected chi connectivity index (χ4v) is 2.64. The maximum Gasteiger partial charge on any atom is 0.272 e. The molecule has 3 aromatic rings. The van der Waals surface area contributed by atoms with Crippen molar-refractivity contribution in [3.05, 3.63) is 76.2 Å². The number of nitrogens with one attached hydrogen (secondary N) is 1. The number of rotatable bonds is 5. The molecule has 0 spiro atoms. The molecule has 0 saturated carbocycles. The van der Waals surface area contributed by atoms with Crippen molar-refractivity contribution in [1.29, 1.82) is 0 Å². The van der Waals surface area contributed by atoms with Crippen LogP contribution in [0.3, 0.4) is 0 Å². The molecule has 1 N–H and O–H groups in total. The Morgan fingerprint density at radius 2 is 1.79 bits per heavy atom. The fraction of sp³-hybridized carbons (Fsp3) is 0.211. The van der Waals surface area contributed by atoms with E-state index in [1.807, 2.05) is 54.6 Å². The zero-order chi connectivity index (χ0) is 16.9. The molecule has 0 aliphatic heterocycles. The van der Waals surface area contributed by atoms with Crippen molar-refractivity contribution < 1.29 is 4.79 Å². The minimum atomic E-state index is -0.149. The molecule has 5 heteroatoms. The standard InChI is InChI=1S/C19H19N3O2/c1-14-19(24)22(17-10-6-5-9-16(17)21-14)12-11-18(23)20-13-15-7-3-2-4-8-15/h2-10H,11-13H2,1H3,(H,20,23). The van der Waals surface area contributed by atoms with E-state index in [9.17, 15) is 9.59 Å². The lowest BCUT2D eigenvalue weighted by molar-refractivity contribution is -0.121. The first-order chi connectivity index (χ1) is 11.6. The van der Waals surface area contributed by atoms with E-state index in [1.165, 1.54) is 0 Å². The molecule has 5 nitrogen and oxygen atoms in total. The van der Waals surface area contributed by atoms with Crippen molar-refractivity contribution in [2.75, 3.05) is 0 Å². The number of amides is 1. The van der Waals surface area contributed by atoms with Crippen LogP contribution in [-0.2, 0) is 17.9 Å².